The molecule has 3 N–H and O–H groups in total. The zero-order chi connectivity index (χ0) is 11.8. The third-order valence-electron chi connectivity index (χ3n) is 2.85. The summed E-state index contributed by atoms with van der Waals surface area (Å²) < 4.78 is 1.33. The van der Waals surface area contributed by atoms with Crippen LogP contribution in [-0.4, -0.2) is 0 Å². The Kier molecular flexibility index (Phi) is 3.02. The zero-order valence-corrected chi connectivity index (χ0v) is 10.8. The smallest absolute Gasteiger partial charge is 0.0522 e. The van der Waals surface area contributed by atoms with E-state index in [1.165, 1.54) is 15.6 Å². The average Bonchev–Trinajstić information content (AvgIpc) is 2.65. The van der Waals surface area contributed by atoms with Crippen molar-refractivity contribution < 1.29 is 0 Å². The molecule has 86 valence electrons. The first-order chi connectivity index (χ1) is 7.54. The van der Waals surface area contributed by atoms with Gasteiger partial charge in [-0.15, -0.1) is 11.3 Å². The predicted octanol–water partition coefficient (Wildman–Crippen LogP) is 3.45. The third-order valence-corrected chi connectivity index (χ3v) is 3.83. The Bertz CT molecular complexity index is 482. The summed E-state index contributed by atoms with van der Waals surface area (Å²) in [7, 11) is 0. The standard InChI is InChI=1S/C13H18N2S/c1-13(2,3)12(15-14)10-6-4-5-9-7-8-16-11(9)10/h4-8,12,15H,14H2,1-3H3. The maximum absolute atomic E-state index is 5.71. The number of fused-ring (bicyclic) bond motifs is 1. The first-order valence-electron chi connectivity index (χ1n) is 5.46. The van der Waals surface area contributed by atoms with E-state index in [0.717, 1.165) is 0 Å². The monoisotopic (exact) mass is 234 g/mol. The van der Waals surface area contributed by atoms with Gasteiger partial charge in [-0.1, -0.05) is 39.0 Å². The van der Waals surface area contributed by atoms with E-state index in [-0.39, 0.29) is 11.5 Å². The van der Waals surface area contributed by atoms with Crippen molar-refractivity contribution in [2.75, 3.05) is 0 Å². The maximum atomic E-state index is 5.71. The minimum Gasteiger partial charge on any atom is -0.271 e. The largest absolute Gasteiger partial charge is 0.271 e. The second-order valence-corrected chi connectivity index (χ2v) is 6.07. The molecule has 16 heavy (non-hydrogen) atoms. The van der Waals surface area contributed by atoms with Crippen molar-refractivity contribution in [1.29, 1.82) is 0 Å². The highest BCUT2D eigenvalue weighted by Crippen LogP contribution is 2.37. The molecule has 2 nitrogen and oxygen atoms in total. The Morgan fingerprint density at radius 1 is 1.25 bits per heavy atom. The van der Waals surface area contributed by atoms with Crippen LogP contribution in [0.15, 0.2) is 29.6 Å². The molecule has 1 heterocycles. The summed E-state index contributed by atoms with van der Waals surface area (Å²) in [4.78, 5) is 0. The molecule has 0 saturated carbocycles. The molecule has 0 radical (unpaired) electrons. The molecular weight excluding hydrogens is 216 g/mol. The van der Waals surface area contributed by atoms with Gasteiger partial charge in [0.15, 0.2) is 0 Å². The average molecular weight is 234 g/mol. The molecule has 0 saturated heterocycles. The van der Waals surface area contributed by atoms with Gasteiger partial charge in [0.05, 0.1) is 6.04 Å². The summed E-state index contributed by atoms with van der Waals surface area (Å²) in [6.07, 6.45) is 0. The van der Waals surface area contributed by atoms with Gasteiger partial charge in [0.1, 0.15) is 0 Å². The van der Waals surface area contributed by atoms with Gasteiger partial charge in [-0.05, 0) is 27.8 Å². The lowest BCUT2D eigenvalue weighted by Crippen LogP contribution is -2.36. The Labute approximate surface area is 100 Å². The molecule has 0 fully saturated rings. The fourth-order valence-corrected chi connectivity index (χ4v) is 2.99. The number of rotatable bonds is 2. The van der Waals surface area contributed by atoms with Gasteiger partial charge in [-0.25, -0.2) is 0 Å². The molecule has 0 bridgehead atoms. The Balaban J connectivity index is 2.57. The molecule has 2 aromatic rings. The fraction of sp³-hybridized carbons (Fsp3) is 0.385. The first kappa shape index (κ1) is 11.6. The summed E-state index contributed by atoms with van der Waals surface area (Å²) in [5.74, 6) is 5.71. The molecule has 3 heteroatoms. The minimum atomic E-state index is 0.104. The van der Waals surface area contributed by atoms with Crippen LogP contribution in [0, 0.1) is 5.41 Å². The van der Waals surface area contributed by atoms with E-state index in [2.05, 4.69) is 55.8 Å². The summed E-state index contributed by atoms with van der Waals surface area (Å²) >= 11 is 1.78. The van der Waals surface area contributed by atoms with Gasteiger partial charge >= 0.3 is 0 Å². The molecular formula is C13H18N2S. The molecule has 0 spiro atoms. The normalized spacial score (nSPS) is 14.2. The van der Waals surface area contributed by atoms with E-state index in [1.807, 2.05) is 0 Å². The van der Waals surface area contributed by atoms with Crippen molar-refractivity contribution in [2.45, 2.75) is 26.8 Å². The van der Waals surface area contributed by atoms with E-state index < -0.39 is 0 Å². The van der Waals surface area contributed by atoms with Crippen molar-refractivity contribution in [1.82, 2.24) is 5.43 Å². The number of hydrogen-bond acceptors (Lipinski definition) is 3. The van der Waals surface area contributed by atoms with Gasteiger partial charge in [-0.3, -0.25) is 11.3 Å². The quantitative estimate of drug-likeness (QED) is 0.617. The molecule has 2 rings (SSSR count). The second-order valence-electron chi connectivity index (χ2n) is 5.15. The van der Waals surface area contributed by atoms with Crippen molar-refractivity contribution in [3.63, 3.8) is 0 Å². The highest BCUT2D eigenvalue weighted by molar-refractivity contribution is 7.17. The molecule has 0 amide bonds. The van der Waals surface area contributed by atoms with Gasteiger partial charge in [0.2, 0.25) is 0 Å². The van der Waals surface area contributed by atoms with Crippen molar-refractivity contribution in [3.05, 3.63) is 35.2 Å². The van der Waals surface area contributed by atoms with Crippen LogP contribution in [0.1, 0.15) is 32.4 Å². The number of nitrogens with two attached hydrogens (primary N) is 1. The minimum absolute atomic E-state index is 0.104. The van der Waals surface area contributed by atoms with Crippen LogP contribution in [-0.2, 0) is 0 Å². The highest BCUT2D eigenvalue weighted by Gasteiger charge is 2.26. The van der Waals surface area contributed by atoms with E-state index >= 15 is 0 Å². The van der Waals surface area contributed by atoms with Gasteiger partial charge in [0.25, 0.3) is 0 Å². The summed E-state index contributed by atoms with van der Waals surface area (Å²) in [5, 5.41) is 3.43. The van der Waals surface area contributed by atoms with E-state index in [9.17, 15) is 0 Å². The van der Waals surface area contributed by atoms with Crippen LogP contribution in [0.25, 0.3) is 10.1 Å². The topological polar surface area (TPSA) is 38.0 Å². The molecule has 1 aromatic heterocycles. The van der Waals surface area contributed by atoms with E-state index in [1.54, 1.807) is 11.3 Å². The zero-order valence-electron chi connectivity index (χ0n) is 9.95. The lowest BCUT2D eigenvalue weighted by atomic mass is 9.82. The van der Waals surface area contributed by atoms with Crippen LogP contribution < -0.4 is 11.3 Å². The van der Waals surface area contributed by atoms with Crippen LogP contribution >= 0.6 is 11.3 Å². The van der Waals surface area contributed by atoms with Crippen LogP contribution in [0.2, 0.25) is 0 Å². The van der Waals surface area contributed by atoms with Crippen LogP contribution in [0.3, 0.4) is 0 Å². The Hall–Kier alpha value is -0.900. The number of nitrogens with one attached hydrogen (secondary N) is 1. The highest BCUT2D eigenvalue weighted by atomic mass is 32.1. The second kappa shape index (κ2) is 4.17. The maximum Gasteiger partial charge on any atom is 0.0522 e. The molecule has 1 atom stereocenters. The SMILES string of the molecule is CC(C)(C)C(NN)c1cccc2ccsc12. The van der Waals surface area contributed by atoms with Gasteiger partial charge < -0.3 is 0 Å². The van der Waals surface area contributed by atoms with Crippen LogP contribution in [0.5, 0.6) is 0 Å². The Morgan fingerprint density at radius 3 is 2.62 bits per heavy atom. The lowest BCUT2D eigenvalue weighted by molar-refractivity contribution is 0.277. The third kappa shape index (κ3) is 1.98. The van der Waals surface area contributed by atoms with Crippen molar-refractivity contribution in [2.24, 2.45) is 11.3 Å². The number of hydrazine groups is 1. The number of hydrogen-bond donors (Lipinski definition) is 2. The number of thiophene rings is 1. The summed E-state index contributed by atoms with van der Waals surface area (Å²) in [6.45, 7) is 6.60. The Morgan fingerprint density at radius 2 is 2.00 bits per heavy atom. The first-order valence-corrected chi connectivity index (χ1v) is 6.34. The molecule has 1 unspecified atom stereocenters. The molecule has 1 aromatic carbocycles. The molecule has 0 aliphatic rings. The molecule has 0 aliphatic heterocycles. The van der Waals surface area contributed by atoms with Crippen molar-refractivity contribution in [3.8, 4) is 0 Å². The summed E-state index contributed by atoms with van der Waals surface area (Å²) in [5.41, 5.74) is 4.35. The van der Waals surface area contributed by atoms with Gasteiger partial charge in [-0.2, -0.15) is 0 Å². The lowest BCUT2D eigenvalue weighted by Gasteiger charge is -2.30. The van der Waals surface area contributed by atoms with E-state index in [4.69, 9.17) is 5.84 Å². The van der Waals surface area contributed by atoms with E-state index in [0.29, 0.717) is 0 Å². The van der Waals surface area contributed by atoms with Crippen LogP contribution in [0.4, 0.5) is 0 Å². The summed E-state index contributed by atoms with van der Waals surface area (Å²) in [6, 6.07) is 8.73. The van der Waals surface area contributed by atoms with Gasteiger partial charge in [0, 0.05) is 4.70 Å². The van der Waals surface area contributed by atoms with Crippen molar-refractivity contribution >= 4 is 21.4 Å². The molecule has 0 aliphatic carbocycles. The predicted molar refractivity (Wildman–Crippen MR) is 71.3 cm³/mol. The fourth-order valence-electron chi connectivity index (χ4n) is 2.05. The number of benzene rings is 1.